The van der Waals surface area contributed by atoms with Crippen LogP contribution in [0.1, 0.15) is 22.8 Å². The fourth-order valence-corrected chi connectivity index (χ4v) is 5.75. The molecule has 4 rings (SSSR count). The van der Waals surface area contributed by atoms with Crippen molar-refractivity contribution in [2.24, 2.45) is 0 Å². The first-order chi connectivity index (χ1) is 15.9. The van der Waals surface area contributed by atoms with Gasteiger partial charge in [0.25, 0.3) is 15.9 Å². The number of piperazine rings is 2. The molecule has 2 fully saturated rings. The highest BCUT2D eigenvalue weighted by Gasteiger charge is 2.25. The summed E-state index contributed by atoms with van der Waals surface area (Å²) in [6, 6.07) is 12.3. The molecule has 2 aromatic carbocycles. The predicted octanol–water partition coefficient (Wildman–Crippen LogP) is 1.98. The van der Waals surface area contributed by atoms with Crippen LogP contribution in [0, 0.1) is 6.92 Å². The zero-order valence-electron chi connectivity index (χ0n) is 19.4. The van der Waals surface area contributed by atoms with Crippen LogP contribution in [0.2, 0.25) is 0 Å². The number of benzene rings is 2. The molecule has 0 aromatic heterocycles. The fraction of sp³-hybridized carbons (Fsp3) is 0.458. The molecular weight excluding hydrogens is 438 g/mol. The van der Waals surface area contributed by atoms with Gasteiger partial charge in [-0.2, -0.15) is 0 Å². The average Bonchev–Trinajstić information content (AvgIpc) is 2.84. The van der Waals surface area contributed by atoms with Crippen LogP contribution in [0.5, 0.6) is 0 Å². The molecule has 0 bridgehead atoms. The van der Waals surface area contributed by atoms with Gasteiger partial charge in [0.2, 0.25) is 0 Å². The number of nitrogens with one attached hydrogen (secondary N) is 2. The molecule has 0 spiro atoms. The summed E-state index contributed by atoms with van der Waals surface area (Å²) in [5, 5.41) is 3.32. The summed E-state index contributed by atoms with van der Waals surface area (Å²) in [4.78, 5) is 19.8. The first-order valence-corrected chi connectivity index (χ1v) is 13.1. The third-order valence-corrected chi connectivity index (χ3v) is 7.96. The van der Waals surface area contributed by atoms with Crippen molar-refractivity contribution >= 4 is 27.3 Å². The largest absolute Gasteiger partial charge is 0.367 e. The molecule has 0 atom stereocenters. The first kappa shape index (κ1) is 23.5. The van der Waals surface area contributed by atoms with E-state index in [1.54, 1.807) is 31.2 Å². The number of carbonyl (C=O) groups excluding carboxylic acids is 1. The summed E-state index contributed by atoms with van der Waals surface area (Å²) in [6.45, 7) is 11.1. The Bertz CT molecular complexity index is 1090. The van der Waals surface area contributed by atoms with Gasteiger partial charge in [-0.3, -0.25) is 9.52 Å². The highest BCUT2D eigenvalue weighted by atomic mass is 32.2. The standard InChI is InChI=1S/C24H33N5O3S/c1-3-27-14-16-29(17-15-27)24(30)20-8-9-22(28-12-10-25-11-13-28)21(18-20)26-33(31,32)23-7-5-4-6-19(23)2/h4-9,18,25-26H,3,10-17H2,1-2H3. The van der Waals surface area contributed by atoms with Crippen LogP contribution in [0.3, 0.4) is 0 Å². The number of amides is 1. The summed E-state index contributed by atoms with van der Waals surface area (Å²) in [6.07, 6.45) is 0. The van der Waals surface area contributed by atoms with E-state index >= 15 is 0 Å². The van der Waals surface area contributed by atoms with Crippen molar-refractivity contribution < 1.29 is 13.2 Å². The van der Waals surface area contributed by atoms with Gasteiger partial charge in [-0.25, -0.2) is 8.42 Å². The topological polar surface area (TPSA) is 85.0 Å². The lowest BCUT2D eigenvalue weighted by molar-refractivity contribution is 0.0643. The molecule has 178 valence electrons. The molecule has 2 heterocycles. The van der Waals surface area contributed by atoms with Gasteiger partial charge in [-0.05, 0) is 43.3 Å². The van der Waals surface area contributed by atoms with E-state index < -0.39 is 10.0 Å². The lowest BCUT2D eigenvalue weighted by Crippen LogP contribution is -2.48. The normalized spacial score (nSPS) is 17.8. The molecule has 8 nitrogen and oxygen atoms in total. The first-order valence-electron chi connectivity index (χ1n) is 11.6. The van der Waals surface area contributed by atoms with Gasteiger partial charge in [-0.1, -0.05) is 25.1 Å². The third-order valence-electron chi connectivity index (χ3n) is 6.44. The van der Waals surface area contributed by atoms with E-state index in [2.05, 4.69) is 26.8 Å². The number of anilines is 2. The SMILES string of the molecule is CCN1CCN(C(=O)c2ccc(N3CCNCC3)c(NS(=O)(=O)c3ccccc3C)c2)CC1. The van der Waals surface area contributed by atoms with E-state index in [1.165, 1.54) is 0 Å². The summed E-state index contributed by atoms with van der Waals surface area (Å²) < 4.78 is 29.3. The third kappa shape index (κ3) is 5.31. The predicted molar refractivity (Wildman–Crippen MR) is 132 cm³/mol. The molecule has 0 unspecified atom stereocenters. The second-order valence-electron chi connectivity index (χ2n) is 8.57. The van der Waals surface area contributed by atoms with E-state index in [4.69, 9.17) is 0 Å². The van der Waals surface area contributed by atoms with Gasteiger partial charge in [0.1, 0.15) is 0 Å². The van der Waals surface area contributed by atoms with E-state index in [0.29, 0.717) is 29.9 Å². The molecule has 1 amide bonds. The Hall–Kier alpha value is -2.62. The van der Waals surface area contributed by atoms with E-state index in [-0.39, 0.29) is 10.8 Å². The summed E-state index contributed by atoms with van der Waals surface area (Å²) in [5.41, 5.74) is 2.41. The van der Waals surface area contributed by atoms with E-state index in [9.17, 15) is 13.2 Å². The highest BCUT2D eigenvalue weighted by Crippen LogP contribution is 2.31. The maximum Gasteiger partial charge on any atom is 0.262 e. The van der Waals surface area contributed by atoms with Crippen LogP contribution in [0.4, 0.5) is 11.4 Å². The second-order valence-corrected chi connectivity index (χ2v) is 10.2. The van der Waals surface area contributed by atoms with Gasteiger partial charge in [0.05, 0.1) is 16.3 Å². The van der Waals surface area contributed by atoms with Crippen molar-refractivity contribution in [1.82, 2.24) is 15.1 Å². The number of aryl methyl sites for hydroxylation is 1. The average molecular weight is 472 g/mol. The second kappa shape index (κ2) is 10.1. The smallest absolute Gasteiger partial charge is 0.262 e. The number of hydrogen-bond acceptors (Lipinski definition) is 6. The van der Waals surface area contributed by atoms with Crippen molar-refractivity contribution in [3.05, 3.63) is 53.6 Å². The van der Waals surface area contributed by atoms with Gasteiger partial charge in [0.15, 0.2) is 0 Å². The van der Waals surface area contributed by atoms with Crippen molar-refractivity contribution in [1.29, 1.82) is 0 Å². The highest BCUT2D eigenvalue weighted by molar-refractivity contribution is 7.92. The van der Waals surface area contributed by atoms with Crippen LogP contribution < -0.4 is 14.9 Å². The van der Waals surface area contributed by atoms with Crippen molar-refractivity contribution in [3.63, 3.8) is 0 Å². The lowest BCUT2D eigenvalue weighted by atomic mass is 10.1. The number of hydrogen-bond donors (Lipinski definition) is 2. The zero-order valence-corrected chi connectivity index (χ0v) is 20.2. The Labute approximate surface area is 196 Å². The van der Waals surface area contributed by atoms with Crippen molar-refractivity contribution in [2.75, 3.05) is 68.5 Å². The molecule has 0 aliphatic carbocycles. The Morgan fingerprint density at radius 2 is 1.70 bits per heavy atom. The molecule has 2 saturated heterocycles. The number of sulfonamides is 1. The maximum atomic E-state index is 13.3. The molecular formula is C24H33N5O3S. The zero-order chi connectivity index (χ0) is 23.4. The van der Waals surface area contributed by atoms with Crippen LogP contribution in [-0.4, -0.2) is 83.0 Å². The summed E-state index contributed by atoms with van der Waals surface area (Å²) >= 11 is 0. The van der Waals surface area contributed by atoms with Gasteiger partial charge < -0.3 is 20.0 Å². The maximum absolute atomic E-state index is 13.3. The van der Waals surface area contributed by atoms with Gasteiger partial charge in [-0.15, -0.1) is 0 Å². The molecule has 2 N–H and O–H groups in total. The van der Waals surface area contributed by atoms with Crippen LogP contribution in [0.15, 0.2) is 47.4 Å². The van der Waals surface area contributed by atoms with Crippen LogP contribution in [0.25, 0.3) is 0 Å². The minimum atomic E-state index is -3.81. The molecule has 33 heavy (non-hydrogen) atoms. The fourth-order valence-electron chi connectivity index (χ4n) is 4.44. The molecule has 0 radical (unpaired) electrons. The van der Waals surface area contributed by atoms with E-state index in [0.717, 1.165) is 51.5 Å². The Morgan fingerprint density at radius 3 is 2.36 bits per heavy atom. The lowest BCUT2D eigenvalue weighted by Gasteiger charge is -2.34. The van der Waals surface area contributed by atoms with Gasteiger partial charge in [0, 0.05) is 57.9 Å². The monoisotopic (exact) mass is 471 g/mol. The molecule has 0 saturated carbocycles. The number of nitrogens with zero attached hydrogens (tertiary/aromatic N) is 3. The number of likely N-dealkylation sites (N-methyl/N-ethyl adjacent to an activating group) is 1. The number of carbonyl (C=O) groups is 1. The molecule has 2 aliphatic heterocycles. The van der Waals surface area contributed by atoms with Gasteiger partial charge >= 0.3 is 0 Å². The quantitative estimate of drug-likeness (QED) is 0.670. The minimum Gasteiger partial charge on any atom is -0.367 e. The Kier molecular flexibility index (Phi) is 7.21. The molecule has 2 aromatic rings. The number of rotatable bonds is 6. The van der Waals surface area contributed by atoms with Crippen molar-refractivity contribution in [3.8, 4) is 0 Å². The minimum absolute atomic E-state index is 0.0612. The summed E-state index contributed by atoms with van der Waals surface area (Å²) in [7, 11) is -3.81. The Balaban J connectivity index is 1.65. The Morgan fingerprint density at radius 1 is 1.00 bits per heavy atom. The molecule has 9 heteroatoms. The molecule has 2 aliphatic rings. The van der Waals surface area contributed by atoms with Crippen LogP contribution >= 0.6 is 0 Å². The summed E-state index contributed by atoms with van der Waals surface area (Å²) in [5.74, 6) is -0.0612. The van der Waals surface area contributed by atoms with E-state index in [1.807, 2.05) is 23.1 Å². The van der Waals surface area contributed by atoms with Crippen molar-refractivity contribution in [2.45, 2.75) is 18.7 Å². The van der Waals surface area contributed by atoms with Crippen LogP contribution in [-0.2, 0) is 10.0 Å².